The van der Waals surface area contributed by atoms with Crippen LogP contribution in [-0.4, -0.2) is 41.0 Å². The molecule has 1 aromatic rings. The zero-order valence-electron chi connectivity index (χ0n) is 11.7. The number of likely N-dealkylation sites (tertiary alicyclic amines) is 1. The standard InChI is InChI=1S/C16H23NO2/c1-3-15(16(19)13-7-5-4-6-8-13)17-10-9-14(11-17)12(2)18/h4-8,12,14-15,18H,3,9-11H2,1-2H3. The largest absolute Gasteiger partial charge is 0.393 e. The van der Waals surface area contributed by atoms with Crippen molar-refractivity contribution in [3.63, 3.8) is 0 Å². The van der Waals surface area contributed by atoms with Crippen LogP contribution < -0.4 is 0 Å². The van der Waals surface area contributed by atoms with Gasteiger partial charge in [0.25, 0.3) is 0 Å². The fourth-order valence-electron chi connectivity index (χ4n) is 2.90. The number of aliphatic hydroxyl groups excluding tert-OH is 1. The highest BCUT2D eigenvalue weighted by atomic mass is 16.3. The number of carbonyl (C=O) groups is 1. The Balaban J connectivity index is 2.07. The molecule has 1 heterocycles. The Kier molecular flexibility index (Phi) is 4.72. The van der Waals surface area contributed by atoms with Gasteiger partial charge in [0, 0.05) is 12.1 Å². The van der Waals surface area contributed by atoms with Crippen molar-refractivity contribution in [1.29, 1.82) is 0 Å². The maximum absolute atomic E-state index is 12.5. The molecular formula is C16H23NO2. The van der Waals surface area contributed by atoms with E-state index < -0.39 is 0 Å². The summed E-state index contributed by atoms with van der Waals surface area (Å²) in [6, 6.07) is 9.45. The molecule has 0 spiro atoms. The normalized spacial score (nSPS) is 23.2. The number of Topliss-reactive ketones (excluding diaryl/α,β-unsaturated/α-hetero) is 1. The van der Waals surface area contributed by atoms with Gasteiger partial charge in [-0.25, -0.2) is 0 Å². The lowest BCUT2D eigenvalue weighted by Crippen LogP contribution is -2.40. The first-order valence-corrected chi connectivity index (χ1v) is 7.14. The lowest BCUT2D eigenvalue weighted by molar-refractivity contribution is 0.0810. The molecule has 1 aromatic carbocycles. The van der Waals surface area contributed by atoms with Crippen LogP contribution in [0.15, 0.2) is 30.3 Å². The maximum Gasteiger partial charge on any atom is 0.179 e. The Morgan fingerprint density at radius 3 is 2.63 bits per heavy atom. The first-order valence-electron chi connectivity index (χ1n) is 7.14. The van der Waals surface area contributed by atoms with Crippen LogP contribution in [0.3, 0.4) is 0 Å². The van der Waals surface area contributed by atoms with Crippen LogP contribution in [0.1, 0.15) is 37.0 Å². The van der Waals surface area contributed by atoms with Gasteiger partial charge in [-0.1, -0.05) is 37.3 Å². The third-order valence-corrected chi connectivity index (χ3v) is 4.13. The fraction of sp³-hybridized carbons (Fsp3) is 0.562. The van der Waals surface area contributed by atoms with Crippen LogP contribution in [0.5, 0.6) is 0 Å². The molecule has 3 heteroatoms. The highest BCUT2D eigenvalue weighted by molar-refractivity contribution is 6.00. The van der Waals surface area contributed by atoms with Crippen molar-refractivity contribution in [2.75, 3.05) is 13.1 Å². The molecular weight excluding hydrogens is 238 g/mol. The van der Waals surface area contributed by atoms with Gasteiger partial charge in [0.15, 0.2) is 5.78 Å². The number of ketones is 1. The summed E-state index contributed by atoms with van der Waals surface area (Å²) in [5.41, 5.74) is 0.787. The predicted molar refractivity (Wildman–Crippen MR) is 76.2 cm³/mol. The minimum absolute atomic E-state index is 0.0499. The average Bonchev–Trinajstić information content (AvgIpc) is 2.90. The topological polar surface area (TPSA) is 40.5 Å². The number of hydrogen-bond acceptors (Lipinski definition) is 3. The summed E-state index contributed by atoms with van der Waals surface area (Å²) in [6.07, 6.45) is 1.52. The van der Waals surface area contributed by atoms with Gasteiger partial charge in [0.05, 0.1) is 12.1 Å². The van der Waals surface area contributed by atoms with Crippen LogP contribution in [0, 0.1) is 5.92 Å². The van der Waals surface area contributed by atoms with E-state index >= 15 is 0 Å². The molecule has 1 N–H and O–H groups in total. The fourth-order valence-corrected chi connectivity index (χ4v) is 2.90. The number of benzene rings is 1. The van der Waals surface area contributed by atoms with Crippen molar-refractivity contribution < 1.29 is 9.90 Å². The molecule has 0 aromatic heterocycles. The SMILES string of the molecule is CCC(C(=O)c1ccccc1)N1CCC(C(C)O)C1. The summed E-state index contributed by atoms with van der Waals surface area (Å²) in [4.78, 5) is 14.8. The highest BCUT2D eigenvalue weighted by Crippen LogP contribution is 2.24. The first-order chi connectivity index (χ1) is 9.13. The number of rotatable bonds is 5. The van der Waals surface area contributed by atoms with Crippen molar-refractivity contribution in [2.24, 2.45) is 5.92 Å². The Morgan fingerprint density at radius 2 is 2.11 bits per heavy atom. The molecule has 3 unspecified atom stereocenters. The van der Waals surface area contributed by atoms with Crippen molar-refractivity contribution in [3.05, 3.63) is 35.9 Å². The highest BCUT2D eigenvalue weighted by Gasteiger charge is 2.33. The third kappa shape index (κ3) is 3.23. The first kappa shape index (κ1) is 14.2. The number of aliphatic hydroxyl groups is 1. The van der Waals surface area contributed by atoms with E-state index in [1.807, 2.05) is 37.3 Å². The number of hydrogen-bond donors (Lipinski definition) is 1. The quantitative estimate of drug-likeness (QED) is 0.827. The van der Waals surface area contributed by atoms with Crippen molar-refractivity contribution in [2.45, 2.75) is 38.8 Å². The lowest BCUT2D eigenvalue weighted by Gasteiger charge is -2.26. The molecule has 0 saturated carbocycles. The van der Waals surface area contributed by atoms with E-state index in [0.717, 1.165) is 31.5 Å². The van der Waals surface area contributed by atoms with Crippen LogP contribution in [0.25, 0.3) is 0 Å². The zero-order chi connectivity index (χ0) is 13.8. The van der Waals surface area contributed by atoms with Crippen molar-refractivity contribution in [3.8, 4) is 0 Å². The van der Waals surface area contributed by atoms with E-state index in [0.29, 0.717) is 5.92 Å². The molecule has 0 radical (unpaired) electrons. The Morgan fingerprint density at radius 1 is 1.42 bits per heavy atom. The second kappa shape index (κ2) is 6.31. The minimum atomic E-state index is -0.283. The van der Waals surface area contributed by atoms with Crippen LogP contribution in [-0.2, 0) is 0 Å². The smallest absolute Gasteiger partial charge is 0.179 e. The molecule has 2 rings (SSSR count). The van der Waals surface area contributed by atoms with E-state index in [4.69, 9.17) is 0 Å². The summed E-state index contributed by atoms with van der Waals surface area (Å²) in [5.74, 6) is 0.506. The van der Waals surface area contributed by atoms with Gasteiger partial charge in [-0.05, 0) is 32.2 Å². The predicted octanol–water partition coefficient (Wildman–Crippen LogP) is 2.35. The summed E-state index contributed by atoms with van der Waals surface area (Å²) < 4.78 is 0. The van der Waals surface area contributed by atoms with E-state index in [1.54, 1.807) is 0 Å². The Hall–Kier alpha value is -1.19. The van der Waals surface area contributed by atoms with E-state index in [2.05, 4.69) is 11.8 Å². The van der Waals surface area contributed by atoms with E-state index in [9.17, 15) is 9.90 Å². The summed E-state index contributed by atoms with van der Waals surface area (Å²) >= 11 is 0. The molecule has 1 aliphatic heterocycles. The molecule has 3 nitrogen and oxygen atoms in total. The average molecular weight is 261 g/mol. The molecule has 19 heavy (non-hydrogen) atoms. The maximum atomic E-state index is 12.5. The van der Waals surface area contributed by atoms with E-state index in [-0.39, 0.29) is 17.9 Å². The van der Waals surface area contributed by atoms with Gasteiger partial charge in [0.2, 0.25) is 0 Å². The molecule has 0 amide bonds. The number of carbonyl (C=O) groups excluding carboxylic acids is 1. The summed E-state index contributed by atoms with van der Waals surface area (Å²) in [7, 11) is 0. The van der Waals surface area contributed by atoms with Crippen molar-refractivity contribution >= 4 is 5.78 Å². The second-order valence-electron chi connectivity index (χ2n) is 5.44. The monoisotopic (exact) mass is 261 g/mol. The van der Waals surface area contributed by atoms with E-state index in [1.165, 1.54) is 0 Å². The molecule has 1 fully saturated rings. The molecule has 0 aliphatic carbocycles. The molecule has 1 aliphatic rings. The molecule has 104 valence electrons. The zero-order valence-corrected chi connectivity index (χ0v) is 11.7. The number of nitrogens with zero attached hydrogens (tertiary/aromatic N) is 1. The van der Waals surface area contributed by atoms with Gasteiger partial charge in [-0.2, -0.15) is 0 Å². The van der Waals surface area contributed by atoms with Gasteiger partial charge >= 0.3 is 0 Å². The van der Waals surface area contributed by atoms with Gasteiger partial charge < -0.3 is 5.11 Å². The second-order valence-corrected chi connectivity index (χ2v) is 5.44. The molecule has 0 bridgehead atoms. The van der Waals surface area contributed by atoms with Crippen molar-refractivity contribution in [1.82, 2.24) is 4.90 Å². The van der Waals surface area contributed by atoms with Gasteiger partial charge in [0.1, 0.15) is 0 Å². The minimum Gasteiger partial charge on any atom is -0.393 e. The van der Waals surface area contributed by atoms with Crippen LogP contribution >= 0.6 is 0 Å². The van der Waals surface area contributed by atoms with Crippen LogP contribution in [0.4, 0.5) is 0 Å². The molecule has 3 atom stereocenters. The summed E-state index contributed by atoms with van der Waals surface area (Å²) in [6.45, 7) is 5.64. The van der Waals surface area contributed by atoms with Gasteiger partial charge in [-0.15, -0.1) is 0 Å². The van der Waals surface area contributed by atoms with Gasteiger partial charge in [-0.3, -0.25) is 9.69 Å². The van der Waals surface area contributed by atoms with Crippen LogP contribution in [0.2, 0.25) is 0 Å². The Labute approximate surface area is 115 Å². The summed E-state index contributed by atoms with van der Waals surface area (Å²) in [5, 5.41) is 9.67. The lowest BCUT2D eigenvalue weighted by atomic mass is 10.0. The molecule has 1 saturated heterocycles. The Bertz CT molecular complexity index is 416. The third-order valence-electron chi connectivity index (χ3n) is 4.13.